The molecule has 2 N–H and O–H groups in total. The fourth-order valence-corrected chi connectivity index (χ4v) is 4.53. The van der Waals surface area contributed by atoms with Crippen molar-refractivity contribution < 1.29 is 4.74 Å². The first-order valence-electron chi connectivity index (χ1n) is 10.2. The molecule has 6 heteroatoms. The highest BCUT2D eigenvalue weighted by Gasteiger charge is 2.24. The number of aliphatic imine (C=N–C) groups is 1. The van der Waals surface area contributed by atoms with Crippen LogP contribution < -0.4 is 20.3 Å². The third-order valence-electron chi connectivity index (χ3n) is 5.13. The number of methoxy groups -OCH3 is 1. The van der Waals surface area contributed by atoms with Crippen LogP contribution in [0.15, 0.2) is 64.5 Å². The number of nitrogens with zero attached hydrogens (tertiary/aromatic N) is 2. The second-order valence-electron chi connectivity index (χ2n) is 7.35. The molecule has 0 saturated carbocycles. The van der Waals surface area contributed by atoms with Gasteiger partial charge in [0.05, 0.1) is 12.8 Å². The maximum Gasteiger partial charge on any atom is 0.191 e. The maximum absolute atomic E-state index is 5.52. The summed E-state index contributed by atoms with van der Waals surface area (Å²) in [5.74, 6) is 2.42. The van der Waals surface area contributed by atoms with Gasteiger partial charge in [-0.3, -0.25) is 4.99 Å². The number of guanidine groups is 1. The van der Waals surface area contributed by atoms with Gasteiger partial charge in [0.1, 0.15) is 5.75 Å². The van der Waals surface area contributed by atoms with E-state index in [4.69, 9.17) is 4.74 Å². The quantitative estimate of drug-likeness (QED) is 0.392. The molecule has 2 aromatic rings. The molecule has 0 spiro atoms. The van der Waals surface area contributed by atoms with Gasteiger partial charge in [0, 0.05) is 43.4 Å². The minimum atomic E-state index is 0.462. The van der Waals surface area contributed by atoms with Crippen molar-refractivity contribution in [2.75, 3.05) is 45.2 Å². The van der Waals surface area contributed by atoms with Crippen LogP contribution in [-0.4, -0.2) is 51.5 Å². The minimum absolute atomic E-state index is 0.462. The van der Waals surface area contributed by atoms with Crippen molar-refractivity contribution >= 4 is 23.4 Å². The molecule has 2 aromatic carbocycles. The van der Waals surface area contributed by atoms with Crippen LogP contribution in [0.4, 0.5) is 5.69 Å². The summed E-state index contributed by atoms with van der Waals surface area (Å²) in [6.07, 6.45) is 1.17. The van der Waals surface area contributed by atoms with Crippen LogP contribution in [0.2, 0.25) is 0 Å². The first-order chi connectivity index (χ1) is 14.2. The van der Waals surface area contributed by atoms with Crippen molar-refractivity contribution in [1.82, 2.24) is 10.6 Å². The molecule has 2 unspecified atom stereocenters. The van der Waals surface area contributed by atoms with Gasteiger partial charge in [-0.05, 0) is 36.6 Å². The van der Waals surface area contributed by atoms with Crippen molar-refractivity contribution in [3.63, 3.8) is 0 Å². The molecule has 1 aliphatic rings. The lowest BCUT2D eigenvalue weighted by molar-refractivity contribution is 0.414. The Labute approximate surface area is 178 Å². The Bertz CT molecular complexity index is 783. The average molecular weight is 413 g/mol. The molecule has 2 atom stereocenters. The number of rotatable bonds is 8. The molecule has 156 valence electrons. The third-order valence-corrected chi connectivity index (χ3v) is 6.24. The second-order valence-corrected chi connectivity index (χ2v) is 8.86. The summed E-state index contributed by atoms with van der Waals surface area (Å²) in [4.78, 5) is 8.10. The van der Waals surface area contributed by atoms with Crippen LogP contribution >= 0.6 is 11.8 Å². The van der Waals surface area contributed by atoms with Crippen molar-refractivity contribution in [2.24, 2.45) is 10.9 Å². The molecule has 1 heterocycles. The smallest absolute Gasteiger partial charge is 0.191 e. The lowest BCUT2D eigenvalue weighted by Gasteiger charge is -2.22. The van der Waals surface area contributed by atoms with Crippen molar-refractivity contribution in [2.45, 2.75) is 23.5 Å². The van der Waals surface area contributed by atoms with E-state index in [0.29, 0.717) is 11.2 Å². The number of thioether (sulfide) groups is 1. The Kier molecular flexibility index (Phi) is 8.11. The van der Waals surface area contributed by atoms with Gasteiger partial charge in [0.25, 0.3) is 0 Å². The van der Waals surface area contributed by atoms with E-state index < -0.39 is 0 Å². The topological polar surface area (TPSA) is 48.9 Å². The number of ether oxygens (including phenoxy) is 1. The van der Waals surface area contributed by atoms with Crippen LogP contribution in [0.25, 0.3) is 0 Å². The van der Waals surface area contributed by atoms with Crippen LogP contribution in [0.1, 0.15) is 13.3 Å². The maximum atomic E-state index is 5.52. The van der Waals surface area contributed by atoms with Gasteiger partial charge in [-0.2, -0.15) is 0 Å². The van der Waals surface area contributed by atoms with Gasteiger partial charge in [0.2, 0.25) is 0 Å². The number of anilines is 1. The molecule has 5 nitrogen and oxygen atoms in total. The summed E-state index contributed by atoms with van der Waals surface area (Å²) in [6, 6.07) is 18.8. The van der Waals surface area contributed by atoms with E-state index in [2.05, 4.69) is 69.9 Å². The number of benzene rings is 2. The molecule has 1 saturated heterocycles. The Hall–Kier alpha value is -2.34. The van der Waals surface area contributed by atoms with Crippen molar-refractivity contribution in [1.29, 1.82) is 0 Å². The summed E-state index contributed by atoms with van der Waals surface area (Å²) in [5, 5.41) is 7.42. The highest BCUT2D eigenvalue weighted by Crippen LogP contribution is 2.31. The number of hydrogen-bond acceptors (Lipinski definition) is 4. The molecule has 1 fully saturated rings. The van der Waals surface area contributed by atoms with E-state index in [1.807, 2.05) is 30.9 Å². The lowest BCUT2D eigenvalue weighted by Crippen LogP contribution is -2.42. The zero-order chi connectivity index (χ0) is 20.5. The highest BCUT2D eigenvalue weighted by molar-refractivity contribution is 8.00. The molecule has 0 bridgehead atoms. The average Bonchev–Trinajstić information content (AvgIpc) is 3.23. The van der Waals surface area contributed by atoms with E-state index in [0.717, 1.165) is 37.9 Å². The molecule has 0 amide bonds. The zero-order valence-corrected chi connectivity index (χ0v) is 18.4. The fourth-order valence-electron chi connectivity index (χ4n) is 3.58. The zero-order valence-electron chi connectivity index (χ0n) is 17.6. The largest absolute Gasteiger partial charge is 0.495 e. The van der Waals surface area contributed by atoms with Gasteiger partial charge in [-0.15, -0.1) is 11.8 Å². The van der Waals surface area contributed by atoms with Gasteiger partial charge in [0.15, 0.2) is 5.96 Å². The standard InChI is InChI=1S/C23H32N4OS/c1-18(29-20-9-5-4-6-10-20)15-25-23(24-2)26-16-19-13-14-27(17-19)21-11-7-8-12-22(21)28-3/h4-12,18-19H,13-17H2,1-3H3,(H2,24,25,26). The van der Waals surface area contributed by atoms with Crippen molar-refractivity contribution in [3.8, 4) is 5.75 Å². The third kappa shape index (κ3) is 6.32. The fraction of sp³-hybridized carbons (Fsp3) is 0.435. The van der Waals surface area contributed by atoms with Gasteiger partial charge in [-0.1, -0.05) is 37.3 Å². The molecule has 29 heavy (non-hydrogen) atoms. The monoisotopic (exact) mass is 412 g/mol. The Morgan fingerprint density at radius 3 is 2.69 bits per heavy atom. The first-order valence-corrected chi connectivity index (χ1v) is 11.1. The summed E-state index contributed by atoms with van der Waals surface area (Å²) in [7, 11) is 3.57. The lowest BCUT2D eigenvalue weighted by atomic mass is 10.1. The highest BCUT2D eigenvalue weighted by atomic mass is 32.2. The van der Waals surface area contributed by atoms with Crippen LogP contribution in [0, 0.1) is 5.92 Å². The molecular formula is C23H32N4OS. The summed E-state index contributed by atoms with van der Waals surface area (Å²) in [5.41, 5.74) is 1.19. The van der Waals surface area contributed by atoms with Gasteiger partial charge >= 0.3 is 0 Å². The SMILES string of the molecule is CN=C(NCC1CCN(c2ccccc2OC)C1)NCC(C)Sc1ccccc1. The van der Waals surface area contributed by atoms with Crippen LogP contribution in [-0.2, 0) is 0 Å². The number of hydrogen-bond donors (Lipinski definition) is 2. The van der Waals surface area contributed by atoms with Gasteiger partial charge < -0.3 is 20.3 Å². The molecule has 0 aliphatic carbocycles. The molecule has 0 radical (unpaired) electrons. The summed E-state index contributed by atoms with van der Waals surface area (Å²) < 4.78 is 5.52. The molecule has 3 rings (SSSR count). The summed E-state index contributed by atoms with van der Waals surface area (Å²) in [6.45, 7) is 6.12. The molecule has 1 aliphatic heterocycles. The van der Waals surface area contributed by atoms with Crippen molar-refractivity contribution in [3.05, 3.63) is 54.6 Å². The molecule has 0 aromatic heterocycles. The van der Waals surface area contributed by atoms with E-state index in [1.165, 1.54) is 17.0 Å². The van der Waals surface area contributed by atoms with E-state index in [-0.39, 0.29) is 0 Å². The minimum Gasteiger partial charge on any atom is -0.495 e. The van der Waals surface area contributed by atoms with Crippen LogP contribution in [0.5, 0.6) is 5.75 Å². The van der Waals surface area contributed by atoms with E-state index in [1.54, 1.807) is 7.11 Å². The van der Waals surface area contributed by atoms with E-state index in [9.17, 15) is 0 Å². The first kappa shape index (κ1) is 21.4. The molecular weight excluding hydrogens is 380 g/mol. The summed E-state index contributed by atoms with van der Waals surface area (Å²) >= 11 is 1.88. The number of nitrogens with one attached hydrogen (secondary N) is 2. The van der Waals surface area contributed by atoms with E-state index >= 15 is 0 Å². The Morgan fingerprint density at radius 1 is 1.17 bits per heavy atom. The Morgan fingerprint density at radius 2 is 1.93 bits per heavy atom. The second kappa shape index (κ2) is 11.0. The Balaban J connectivity index is 1.42. The van der Waals surface area contributed by atoms with Gasteiger partial charge in [-0.25, -0.2) is 0 Å². The normalized spacial score (nSPS) is 17.8. The predicted molar refractivity (Wildman–Crippen MR) is 124 cm³/mol. The van der Waals surface area contributed by atoms with Crippen LogP contribution in [0.3, 0.4) is 0 Å². The predicted octanol–water partition coefficient (Wildman–Crippen LogP) is 3.87. The number of para-hydroxylation sites is 2.